The molecule has 0 saturated carbocycles. The standard InChI is InChI=1S/C14H18BrN3O3/c1-3-6-20-8-11(16)13-17-14(21-18-13)10-5-4-9(15)7-12(10)19-2/h4-5,7,11H,3,6,8,16H2,1-2H3. The number of methoxy groups -OCH3 is 1. The van der Waals surface area contributed by atoms with E-state index in [0.29, 0.717) is 30.7 Å². The summed E-state index contributed by atoms with van der Waals surface area (Å²) in [5.41, 5.74) is 6.70. The molecule has 0 spiro atoms. The maximum atomic E-state index is 5.97. The Balaban J connectivity index is 2.16. The maximum absolute atomic E-state index is 5.97. The van der Waals surface area contributed by atoms with Crippen molar-refractivity contribution in [1.82, 2.24) is 10.1 Å². The third-order valence-corrected chi connectivity index (χ3v) is 3.31. The van der Waals surface area contributed by atoms with Gasteiger partial charge < -0.3 is 19.7 Å². The third-order valence-electron chi connectivity index (χ3n) is 2.81. The van der Waals surface area contributed by atoms with E-state index < -0.39 is 6.04 Å². The number of nitrogens with zero attached hydrogens (tertiary/aromatic N) is 2. The van der Waals surface area contributed by atoms with Gasteiger partial charge in [-0.2, -0.15) is 4.98 Å². The highest BCUT2D eigenvalue weighted by atomic mass is 79.9. The molecule has 0 amide bonds. The zero-order valence-electron chi connectivity index (χ0n) is 12.0. The Morgan fingerprint density at radius 3 is 2.95 bits per heavy atom. The largest absolute Gasteiger partial charge is 0.496 e. The summed E-state index contributed by atoms with van der Waals surface area (Å²) < 4.78 is 16.9. The first-order chi connectivity index (χ1) is 10.2. The van der Waals surface area contributed by atoms with Gasteiger partial charge in [-0.1, -0.05) is 28.0 Å². The highest BCUT2D eigenvalue weighted by molar-refractivity contribution is 9.10. The molecule has 0 aliphatic heterocycles. The van der Waals surface area contributed by atoms with Gasteiger partial charge in [-0.3, -0.25) is 0 Å². The zero-order chi connectivity index (χ0) is 15.2. The highest BCUT2D eigenvalue weighted by Crippen LogP contribution is 2.31. The summed E-state index contributed by atoms with van der Waals surface area (Å²) in [4.78, 5) is 4.32. The topological polar surface area (TPSA) is 83.4 Å². The number of nitrogens with two attached hydrogens (primary N) is 1. The second kappa shape index (κ2) is 7.53. The Hall–Kier alpha value is -1.44. The summed E-state index contributed by atoms with van der Waals surface area (Å²) in [6, 6.07) is 5.16. The average Bonchev–Trinajstić information content (AvgIpc) is 2.97. The molecule has 0 radical (unpaired) electrons. The molecule has 1 heterocycles. The third kappa shape index (κ3) is 4.03. The normalized spacial score (nSPS) is 12.4. The predicted octanol–water partition coefficient (Wildman–Crippen LogP) is 2.93. The zero-order valence-corrected chi connectivity index (χ0v) is 13.6. The first-order valence-electron chi connectivity index (χ1n) is 6.66. The molecule has 2 rings (SSSR count). The van der Waals surface area contributed by atoms with Crippen molar-refractivity contribution in [2.24, 2.45) is 5.73 Å². The van der Waals surface area contributed by atoms with Crippen LogP contribution in [0, 0.1) is 0 Å². The molecule has 0 aliphatic rings. The van der Waals surface area contributed by atoms with Gasteiger partial charge in [0.2, 0.25) is 0 Å². The van der Waals surface area contributed by atoms with Gasteiger partial charge in [0.05, 0.1) is 25.3 Å². The van der Waals surface area contributed by atoms with Crippen LogP contribution in [0.2, 0.25) is 0 Å². The fraction of sp³-hybridized carbons (Fsp3) is 0.429. The van der Waals surface area contributed by atoms with Crippen LogP contribution in [0.5, 0.6) is 5.75 Å². The summed E-state index contributed by atoms with van der Waals surface area (Å²) in [6.45, 7) is 3.07. The van der Waals surface area contributed by atoms with E-state index in [9.17, 15) is 0 Å². The molecule has 0 bridgehead atoms. The molecule has 0 fully saturated rings. The summed E-state index contributed by atoms with van der Waals surface area (Å²) >= 11 is 3.39. The van der Waals surface area contributed by atoms with E-state index in [1.807, 2.05) is 25.1 Å². The minimum Gasteiger partial charge on any atom is -0.496 e. The number of hydrogen-bond acceptors (Lipinski definition) is 6. The number of halogens is 1. The lowest BCUT2D eigenvalue weighted by Gasteiger charge is -2.07. The fourth-order valence-corrected chi connectivity index (χ4v) is 2.11. The van der Waals surface area contributed by atoms with Crippen LogP contribution >= 0.6 is 15.9 Å². The van der Waals surface area contributed by atoms with E-state index in [0.717, 1.165) is 16.5 Å². The molecule has 0 saturated heterocycles. The minimum absolute atomic E-state index is 0.365. The molecule has 6 nitrogen and oxygen atoms in total. The van der Waals surface area contributed by atoms with E-state index in [1.54, 1.807) is 7.11 Å². The van der Waals surface area contributed by atoms with Gasteiger partial charge >= 0.3 is 0 Å². The van der Waals surface area contributed by atoms with Crippen LogP contribution in [0.1, 0.15) is 25.2 Å². The van der Waals surface area contributed by atoms with Crippen molar-refractivity contribution < 1.29 is 14.0 Å². The average molecular weight is 356 g/mol. The molecular formula is C14H18BrN3O3. The molecule has 2 N–H and O–H groups in total. The van der Waals surface area contributed by atoms with Crippen molar-refractivity contribution in [2.75, 3.05) is 20.3 Å². The van der Waals surface area contributed by atoms with Gasteiger partial charge in [0.15, 0.2) is 5.82 Å². The van der Waals surface area contributed by atoms with Crippen LogP contribution < -0.4 is 10.5 Å². The Morgan fingerprint density at radius 2 is 2.24 bits per heavy atom. The summed E-state index contributed by atoms with van der Waals surface area (Å²) in [7, 11) is 1.59. The Labute approximate surface area is 131 Å². The van der Waals surface area contributed by atoms with Crippen LogP contribution in [0.15, 0.2) is 27.2 Å². The monoisotopic (exact) mass is 355 g/mol. The molecular weight excluding hydrogens is 338 g/mol. The molecule has 1 aromatic heterocycles. The van der Waals surface area contributed by atoms with Gasteiger partial charge in [0, 0.05) is 11.1 Å². The van der Waals surface area contributed by atoms with Gasteiger partial charge in [-0.05, 0) is 24.6 Å². The van der Waals surface area contributed by atoms with Crippen LogP contribution in [0.4, 0.5) is 0 Å². The quantitative estimate of drug-likeness (QED) is 0.768. The lowest BCUT2D eigenvalue weighted by molar-refractivity contribution is 0.119. The van der Waals surface area contributed by atoms with E-state index in [-0.39, 0.29) is 0 Å². The van der Waals surface area contributed by atoms with Crippen molar-refractivity contribution in [3.8, 4) is 17.2 Å². The van der Waals surface area contributed by atoms with Crippen LogP contribution in [-0.4, -0.2) is 30.5 Å². The Morgan fingerprint density at radius 1 is 1.43 bits per heavy atom. The highest BCUT2D eigenvalue weighted by Gasteiger charge is 2.18. The Kier molecular flexibility index (Phi) is 5.72. The second-order valence-corrected chi connectivity index (χ2v) is 5.40. The molecule has 114 valence electrons. The molecule has 7 heteroatoms. The SMILES string of the molecule is CCCOCC(N)c1noc(-c2ccc(Br)cc2OC)n1. The van der Waals surface area contributed by atoms with E-state index >= 15 is 0 Å². The summed E-state index contributed by atoms with van der Waals surface area (Å²) in [5.74, 6) is 1.45. The number of aromatic nitrogens is 2. The van der Waals surface area contributed by atoms with Gasteiger partial charge in [-0.25, -0.2) is 0 Å². The molecule has 2 aromatic rings. The first kappa shape index (κ1) is 15.9. The van der Waals surface area contributed by atoms with Gasteiger partial charge in [0.25, 0.3) is 5.89 Å². The molecule has 1 aromatic carbocycles. The van der Waals surface area contributed by atoms with Crippen LogP contribution in [0.3, 0.4) is 0 Å². The van der Waals surface area contributed by atoms with Crippen LogP contribution in [0.25, 0.3) is 11.5 Å². The van der Waals surface area contributed by atoms with Gasteiger partial charge in [0.1, 0.15) is 5.75 Å². The molecule has 21 heavy (non-hydrogen) atoms. The van der Waals surface area contributed by atoms with Crippen molar-refractivity contribution in [2.45, 2.75) is 19.4 Å². The summed E-state index contributed by atoms with van der Waals surface area (Å²) in [5, 5.41) is 3.91. The van der Waals surface area contributed by atoms with E-state index in [2.05, 4.69) is 26.1 Å². The smallest absolute Gasteiger partial charge is 0.261 e. The van der Waals surface area contributed by atoms with Crippen LogP contribution in [-0.2, 0) is 4.74 Å². The predicted molar refractivity (Wildman–Crippen MR) is 82.0 cm³/mol. The van der Waals surface area contributed by atoms with Crippen molar-refractivity contribution >= 4 is 15.9 Å². The Bertz CT molecular complexity index is 589. The maximum Gasteiger partial charge on any atom is 0.261 e. The molecule has 1 unspecified atom stereocenters. The number of rotatable bonds is 7. The van der Waals surface area contributed by atoms with Crippen molar-refractivity contribution in [3.05, 3.63) is 28.5 Å². The summed E-state index contributed by atoms with van der Waals surface area (Å²) in [6.07, 6.45) is 0.945. The lowest BCUT2D eigenvalue weighted by atomic mass is 10.2. The van der Waals surface area contributed by atoms with Crippen molar-refractivity contribution in [1.29, 1.82) is 0 Å². The second-order valence-electron chi connectivity index (χ2n) is 4.48. The van der Waals surface area contributed by atoms with Crippen molar-refractivity contribution in [3.63, 3.8) is 0 Å². The van der Waals surface area contributed by atoms with E-state index in [4.69, 9.17) is 19.7 Å². The fourth-order valence-electron chi connectivity index (χ4n) is 1.77. The number of benzene rings is 1. The molecule has 1 atom stereocenters. The van der Waals surface area contributed by atoms with Gasteiger partial charge in [-0.15, -0.1) is 0 Å². The number of hydrogen-bond donors (Lipinski definition) is 1. The minimum atomic E-state index is -0.407. The molecule has 0 aliphatic carbocycles. The first-order valence-corrected chi connectivity index (χ1v) is 7.45. The lowest BCUT2D eigenvalue weighted by Crippen LogP contribution is -2.18. The van der Waals surface area contributed by atoms with E-state index in [1.165, 1.54) is 0 Å². The number of ether oxygens (including phenoxy) is 2.